The zero-order valence-corrected chi connectivity index (χ0v) is 20.6. The van der Waals surface area contributed by atoms with Gasteiger partial charge in [-0.3, -0.25) is 0 Å². The van der Waals surface area contributed by atoms with Gasteiger partial charge in [-0.1, -0.05) is 57.2 Å². The molecule has 0 bridgehead atoms. The Hall–Kier alpha value is -3.38. The maximum Gasteiger partial charge on any atom is 0.330 e. The zero-order valence-electron chi connectivity index (χ0n) is 20.6. The Bertz CT molecular complexity index is 930. The van der Waals surface area contributed by atoms with E-state index in [1.165, 1.54) is 24.8 Å². The standard InChI is InChI=1S/C29H36O6/c1-4-7-8-9-22-10-12-23(13-11-22)26-20-24(14-17-33-27(31)5-2)29(35-19-16-30)25(21-26)15-18-34-28(32)6-3/h5-6,10-13,20-21,30H,2-4,7-9,14-19H2,1H3. The third kappa shape index (κ3) is 9.41. The molecule has 0 amide bonds. The number of hydrogen-bond acceptors (Lipinski definition) is 6. The Morgan fingerprint density at radius 3 is 1.89 bits per heavy atom. The maximum absolute atomic E-state index is 11.5. The van der Waals surface area contributed by atoms with E-state index in [0.29, 0.717) is 18.6 Å². The van der Waals surface area contributed by atoms with Crippen LogP contribution in [0.5, 0.6) is 5.75 Å². The molecule has 0 aliphatic carbocycles. The first-order valence-electron chi connectivity index (χ1n) is 12.1. The normalized spacial score (nSPS) is 10.5. The van der Waals surface area contributed by atoms with Crippen LogP contribution in [0.25, 0.3) is 11.1 Å². The average molecular weight is 481 g/mol. The summed E-state index contributed by atoms with van der Waals surface area (Å²) in [6.07, 6.45) is 7.73. The molecule has 1 N–H and O–H groups in total. The van der Waals surface area contributed by atoms with E-state index in [1.54, 1.807) is 0 Å². The Kier molecular flexibility index (Phi) is 12.3. The fourth-order valence-electron chi connectivity index (χ4n) is 3.71. The number of aliphatic hydroxyl groups is 1. The van der Waals surface area contributed by atoms with E-state index < -0.39 is 11.9 Å². The van der Waals surface area contributed by atoms with E-state index >= 15 is 0 Å². The third-order valence-corrected chi connectivity index (χ3v) is 5.50. The fourth-order valence-corrected chi connectivity index (χ4v) is 3.71. The Morgan fingerprint density at radius 1 is 0.829 bits per heavy atom. The highest BCUT2D eigenvalue weighted by Crippen LogP contribution is 2.32. The molecule has 2 aromatic rings. The van der Waals surface area contributed by atoms with Gasteiger partial charge in [0.2, 0.25) is 0 Å². The molecule has 0 aliphatic rings. The van der Waals surface area contributed by atoms with Gasteiger partial charge in [0.25, 0.3) is 0 Å². The van der Waals surface area contributed by atoms with Crippen molar-refractivity contribution in [2.24, 2.45) is 0 Å². The lowest BCUT2D eigenvalue weighted by Crippen LogP contribution is -2.11. The molecule has 0 saturated carbocycles. The number of aliphatic hydroxyl groups excluding tert-OH is 1. The van der Waals surface area contributed by atoms with E-state index in [4.69, 9.17) is 14.2 Å². The van der Waals surface area contributed by atoms with Crippen LogP contribution in [-0.4, -0.2) is 43.5 Å². The zero-order chi connectivity index (χ0) is 25.5. The average Bonchev–Trinajstić information content (AvgIpc) is 2.88. The lowest BCUT2D eigenvalue weighted by Gasteiger charge is -2.18. The van der Waals surface area contributed by atoms with Crippen molar-refractivity contribution in [3.05, 3.63) is 78.4 Å². The smallest absolute Gasteiger partial charge is 0.330 e. The second-order valence-corrected chi connectivity index (χ2v) is 8.09. The van der Waals surface area contributed by atoms with Crippen LogP contribution in [0, 0.1) is 0 Å². The Morgan fingerprint density at radius 2 is 1.40 bits per heavy atom. The molecule has 0 atom stereocenters. The van der Waals surface area contributed by atoms with Gasteiger partial charge in [0, 0.05) is 25.0 Å². The summed E-state index contributed by atoms with van der Waals surface area (Å²) in [5.74, 6) is -0.383. The number of ether oxygens (including phenoxy) is 3. The molecule has 0 fully saturated rings. The SMILES string of the molecule is C=CC(=O)OCCc1cc(-c2ccc(CCCCC)cc2)cc(CCOC(=O)C=C)c1OCCO. The first-order valence-corrected chi connectivity index (χ1v) is 12.1. The van der Waals surface area contributed by atoms with Gasteiger partial charge in [0.1, 0.15) is 12.4 Å². The van der Waals surface area contributed by atoms with Crippen LogP contribution < -0.4 is 4.74 Å². The second-order valence-electron chi connectivity index (χ2n) is 8.09. The molecule has 0 aromatic heterocycles. The molecule has 2 aromatic carbocycles. The number of aryl methyl sites for hydroxylation is 1. The quantitative estimate of drug-likeness (QED) is 0.207. The van der Waals surface area contributed by atoms with Crippen LogP contribution in [0.4, 0.5) is 0 Å². The van der Waals surface area contributed by atoms with E-state index in [0.717, 1.165) is 40.8 Å². The summed E-state index contributed by atoms with van der Waals surface area (Å²) in [7, 11) is 0. The van der Waals surface area contributed by atoms with Crippen molar-refractivity contribution < 1.29 is 28.9 Å². The molecular formula is C29H36O6. The topological polar surface area (TPSA) is 82.1 Å². The molecule has 0 heterocycles. The summed E-state index contributed by atoms with van der Waals surface area (Å²) in [6.45, 7) is 9.33. The molecule has 188 valence electrons. The Labute approximate surface area is 208 Å². The number of rotatable bonds is 16. The van der Waals surface area contributed by atoms with Crippen LogP contribution in [0.2, 0.25) is 0 Å². The fraction of sp³-hybridized carbons (Fsp3) is 0.379. The van der Waals surface area contributed by atoms with Gasteiger partial charge in [0.15, 0.2) is 0 Å². The number of carbonyl (C=O) groups is 2. The Balaban J connectivity index is 2.37. The largest absolute Gasteiger partial charge is 0.491 e. The van der Waals surface area contributed by atoms with Crippen LogP contribution in [0.3, 0.4) is 0 Å². The van der Waals surface area contributed by atoms with Crippen LogP contribution in [0.15, 0.2) is 61.7 Å². The van der Waals surface area contributed by atoms with Crippen molar-refractivity contribution in [2.75, 3.05) is 26.4 Å². The van der Waals surface area contributed by atoms with Crippen molar-refractivity contribution in [1.29, 1.82) is 0 Å². The van der Waals surface area contributed by atoms with Gasteiger partial charge in [-0.25, -0.2) is 9.59 Å². The van der Waals surface area contributed by atoms with Crippen LogP contribution in [0.1, 0.15) is 42.9 Å². The van der Waals surface area contributed by atoms with E-state index in [2.05, 4.69) is 44.3 Å². The minimum atomic E-state index is -0.491. The number of esters is 2. The highest BCUT2D eigenvalue weighted by atomic mass is 16.5. The number of carbonyl (C=O) groups excluding carboxylic acids is 2. The summed E-state index contributed by atoms with van der Waals surface area (Å²) in [6, 6.07) is 12.5. The van der Waals surface area contributed by atoms with Crippen LogP contribution >= 0.6 is 0 Å². The third-order valence-electron chi connectivity index (χ3n) is 5.50. The van der Waals surface area contributed by atoms with Crippen molar-refractivity contribution in [3.8, 4) is 16.9 Å². The molecule has 6 heteroatoms. The van der Waals surface area contributed by atoms with Gasteiger partial charge >= 0.3 is 11.9 Å². The summed E-state index contributed by atoms with van der Waals surface area (Å²) in [5.41, 5.74) is 5.01. The molecule has 0 radical (unpaired) electrons. The molecule has 35 heavy (non-hydrogen) atoms. The maximum atomic E-state index is 11.5. The molecule has 0 unspecified atom stereocenters. The van der Waals surface area contributed by atoms with Crippen molar-refractivity contribution in [3.63, 3.8) is 0 Å². The highest BCUT2D eigenvalue weighted by molar-refractivity contribution is 5.81. The van der Waals surface area contributed by atoms with Gasteiger partial charge in [0.05, 0.1) is 19.8 Å². The van der Waals surface area contributed by atoms with Gasteiger partial charge in [-0.2, -0.15) is 0 Å². The van der Waals surface area contributed by atoms with Crippen molar-refractivity contribution in [2.45, 2.75) is 45.4 Å². The van der Waals surface area contributed by atoms with Crippen LogP contribution in [-0.2, 0) is 38.3 Å². The van der Waals surface area contributed by atoms with Crippen molar-refractivity contribution >= 4 is 11.9 Å². The molecule has 0 saturated heterocycles. The molecule has 0 aliphatic heterocycles. The number of benzene rings is 2. The number of hydrogen-bond donors (Lipinski definition) is 1. The monoisotopic (exact) mass is 480 g/mol. The summed E-state index contributed by atoms with van der Waals surface area (Å²) < 4.78 is 16.3. The summed E-state index contributed by atoms with van der Waals surface area (Å²) in [4.78, 5) is 23.0. The minimum Gasteiger partial charge on any atom is -0.491 e. The van der Waals surface area contributed by atoms with Crippen molar-refractivity contribution in [1.82, 2.24) is 0 Å². The van der Waals surface area contributed by atoms with Gasteiger partial charge in [-0.15, -0.1) is 0 Å². The lowest BCUT2D eigenvalue weighted by molar-refractivity contribution is -0.138. The second kappa shape index (κ2) is 15.5. The molecule has 2 rings (SSSR count). The van der Waals surface area contributed by atoms with Gasteiger partial charge in [-0.05, 0) is 52.8 Å². The summed E-state index contributed by atoms with van der Waals surface area (Å²) in [5, 5.41) is 9.32. The van der Waals surface area contributed by atoms with Gasteiger partial charge < -0.3 is 19.3 Å². The van der Waals surface area contributed by atoms with E-state index in [-0.39, 0.29) is 26.4 Å². The summed E-state index contributed by atoms with van der Waals surface area (Å²) >= 11 is 0. The first-order chi connectivity index (χ1) is 17.0. The first kappa shape index (κ1) is 27.9. The molecular weight excluding hydrogens is 444 g/mol. The molecule has 6 nitrogen and oxygen atoms in total. The lowest BCUT2D eigenvalue weighted by atomic mass is 9.95. The predicted octanol–water partition coefficient (Wildman–Crippen LogP) is 5.00. The predicted molar refractivity (Wildman–Crippen MR) is 137 cm³/mol. The minimum absolute atomic E-state index is 0.116. The highest BCUT2D eigenvalue weighted by Gasteiger charge is 2.15. The molecule has 0 spiro atoms. The van der Waals surface area contributed by atoms with E-state index in [1.807, 2.05) is 12.1 Å². The number of unbranched alkanes of at least 4 members (excludes halogenated alkanes) is 2. The van der Waals surface area contributed by atoms with E-state index in [9.17, 15) is 14.7 Å².